The predicted molar refractivity (Wildman–Crippen MR) is 134 cm³/mol. The highest BCUT2D eigenvalue weighted by Crippen LogP contribution is 2.28. The first kappa shape index (κ1) is 22.9. The van der Waals surface area contributed by atoms with Crippen molar-refractivity contribution in [2.75, 3.05) is 33.2 Å². The Hall–Kier alpha value is -4.26. The van der Waals surface area contributed by atoms with Gasteiger partial charge < -0.3 is 24.8 Å². The van der Waals surface area contributed by atoms with Gasteiger partial charge in [0.2, 0.25) is 0 Å². The average molecular weight is 458 g/mol. The van der Waals surface area contributed by atoms with E-state index in [0.717, 1.165) is 27.9 Å². The van der Waals surface area contributed by atoms with Crippen molar-refractivity contribution in [1.82, 2.24) is 10.3 Å². The van der Waals surface area contributed by atoms with Gasteiger partial charge in [0.15, 0.2) is 11.5 Å². The molecule has 4 rings (SSSR count). The fraction of sp³-hybridized carbons (Fsp3) is 0.185. The number of carbonyl (C=O) groups excluding carboxylic acids is 1. The van der Waals surface area contributed by atoms with Crippen molar-refractivity contribution in [2.24, 2.45) is 0 Å². The minimum atomic E-state index is -0.156. The number of rotatable bonds is 9. The topological polar surface area (TPSA) is 81.7 Å². The van der Waals surface area contributed by atoms with E-state index in [0.29, 0.717) is 35.8 Å². The van der Waals surface area contributed by atoms with E-state index in [-0.39, 0.29) is 5.91 Å². The molecule has 0 saturated heterocycles. The van der Waals surface area contributed by atoms with Crippen LogP contribution in [0.4, 0.5) is 11.5 Å². The molecule has 0 atom stereocenters. The maximum atomic E-state index is 13.1. The quantitative estimate of drug-likeness (QED) is 0.369. The van der Waals surface area contributed by atoms with Crippen molar-refractivity contribution in [2.45, 2.75) is 6.42 Å². The Kier molecular flexibility index (Phi) is 7.13. The van der Waals surface area contributed by atoms with Crippen LogP contribution in [0.5, 0.6) is 17.2 Å². The van der Waals surface area contributed by atoms with Crippen LogP contribution < -0.4 is 24.8 Å². The second kappa shape index (κ2) is 10.6. The summed E-state index contributed by atoms with van der Waals surface area (Å²) in [5.74, 6) is 2.55. The second-order valence-electron chi connectivity index (χ2n) is 7.62. The van der Waals surface area contributed by atoms with Gasteiger partial charge in [-0.05, 0) is 60.5 Å². The molecule has 0 saturated carbocycles. The normalized spacial score (nSPS) is 10.6. The number of fused-ring (bicyclic) bond motifs is 1. The summed E-state index contributed by atoms with van der Waals surface area (Å²) in [5, 5.41) is 7.10. The summed E-state index contributed by atoms with van der Waals surface area (Å²) < 4.78 is 15.9. The monoisotopic (exact) mass is 457 g/mol. The van der Waals surface area contributed by atoms with Crippen molar-refractivity contribution in [3.8, 4) is 17.2 Å². The van der Waals surface area contributed by atoms with Gasteiger partial charge in [0.1, 0.15) is 11.6 Å². The van der Waals surface area contributed by atoms with Crippen LogP contribution in [0.1, 0.15) is 15.9 Å². The Morgan fingerprint density at radius 1 is 0.853 bits per heavy atom. The van der Waals surface area contributed by atoms with Crippen molar-refractivity contribution < 1.29 is 19.0 Å². The van der Waals surface area contributed by atoms with Crippen LogP contribution in [0.2, 0.25) is 0 Å². The van der Waals surface area contributed by atoms with E-state index in [2.05, 4.69) is 15.6 Å². The second-order valence-corrected chi connectivity index (χ2v) is 7.62. The molecule has 0 aliphatic carbocycles. The first-order valence-corrected chi connectivity index (χ1v) is 10.9. The Morgan fingerprint density at radius 3 is 2.35 bits per heavy atom. The number of nitrogens with zero attached hydrogens (tertiary/aromatic N) is 1. The van der Waals surface area contributed by atoms with Crippen LogP contribution in [0.3, 0.4) is 0 Å². The highest BCUT2D eigenvalue weighted by molar-refractivity contribution is 6.07. The average Bonchev–Trinajstić information content (AvgIpc) is 2.88. The summed E-state index contributed by atoms with van der Waals surface area (Å²) >= 11 is 0. The first-order valence-electron chi connectivity index (χ1n) is 10.9. The van der Waals surface area contributed by atoms with Gasteiger partial charge >= 0.3 is 0 Å². The lowest BCUT2D eigenvalue weighted by molar-refractivity contribution is 0.0955. The summed E-state index contributed by atoms with van der Waals surface area (Å²) in [6.45, 7) is 0.478. The minimum absolute atomic E-state index is 0.156. The minimum Gasteiger partial charge on any atom is -0.497 e. The molecule has 7 heteroatoms. The highest BCUT2D eigenvalue weighted by Gasteiger charge is 2.13. The molecule has 0 spiro atoms. The molecule has 7 nitrogen and oxygen atoms in total. The zero-order valence-corrected chi connectivity index (χ0v) is 19.4. The van der Waals surface area contributed by atoms with E-state index < -0.39 is 0 Å². The molecule has 0 radical (unpaired) electrons. The van der Waals surface area contributed by atoms with Crippen LogP contribution in [-0.2, 0) is 6.42 Å². The van der Waals surface area contributed by atoms with Gasteiger partial charge in [0.25, 0.3) is 5.91 Å². The molecule has 1 heterocycles. The number of amides is 1. The molecule has 0 aliphatic rings. The molecule has 4 aromatic rings. The largest absolute Gasteiger partial charge is 0.497 e. The van der Waals surface area contributed by atoms with Crippen molar-refractivity contribution in [1.29, 1.82) is 0 Å². The standard InChI is InChI=1S/C27H27N3O4/c1-32-20-11-9-19(10-12-20)29-26-17-22(21-6-4-5-7-23(21)30-26)27(31)28-15-14-18-8-13-24(33-2)25(16-18)34-3/h4-13,16-17H,14-15H2,1-3H3,(H,28,31)(H,29,30). The summed E-state index contributed by atoms with van der Waals surface area (Å²) in [7, 11) is 4.84. The molecule has 0 bridgehead atoms. The van der Waals surface area contributed by atoms with Crippen LogP contribution in [0.25, 0.3) is 10.9 Å². The number of nitrogens with one attached hydrogen (secondary N) is 2. The first-order chi connectivity index (χ1) is 16.6. The van der Waals surface area contributed by atoms with Crippen molar-refractivity contribution in [3.63, 3.8) is 0 Å². The van der Waals surface area contributed by atoms with Crippen LogP contribution in [0, 0.1) is 0 Å². The van der Waals surface area contributed by atoms with Gasteiger partial charge in [0, 0.05) is 17.6 Å². The Morgan fingerprint density at radius 2 is 1.62 bits per heavy atom. The fourth-order valence-electron chi connectivity index (χ4n) is 3.70. The fourth-order valence-corrected chi connectivity index (χ4v) is 3.70. The molecule has 2 N–H and O–H groups in total. The van der Waals surface area contributed by atoms with Gasteiger partial charge in [-0.25, -0.2) is 4.98 Å². The number of hydrogen-bond acceptors (Lipinski definition) is 6. The molecule has 1 amide bonds. The van der Waals surface area contributed by atoms with Crippen molar-refractivity contribution >= 4 is 28.3 Å². The van der Waals surface area contributed by atoms with Crippen LogP contribution >= 0.6 is 0 Å². The Balaban J connectivity index is 1.51. The molecule has 0 unspecified atom stereocenters. The molecular weight excluding hydrogens is 430 g/mol. The molecular formula is C27H27N3O4. The number of ether oxygens (including phenoxy) is 3. The number of para-hydroxylation sites is 1. The number of methoxy groups -OCH3 is 3. The SMILES string of the molecule is COc1ccc(Nc2cc(C(=O)NCCc3ccc(OC)c(OC)c3)c3ccccc3n2)cc1. The van der Waals surface area contributed by atoms with Gasteiger partial charge in [-0.2, -0.15) is 0 Å². The Bertz CT molecular complexity index is 1290. The number of anilines is 2. The van der Waals surface area contributed by atoms with Gasteiger partial charge in [-0.3, -0.25) is 4.79 Å². The number of pyridine rings is 1. The third kappa shape index (κ3) is 5.20. The van der Waals surface area contributed by atoms with E-state index in [4.69, 9.17) is 14.2 Å². The van der Waals surface area contributed by atoms with Gasteiger partial charge in [-0.1, -0.05) is 24.3 Å². The lowest BCUT2D eigenvalue weighted by Gasteiger charge is -2.13. The molecule has 174 valence electrons. The third-order valence-corrected chi connectivity index (χ3v) is 5.47. The number of carbonyl (C=O) groups is 1. The Labute approximate surface area is 198 Å². The van der Waals surface area contributed by atoms with E-state index >= 15 is 0 Å². The molecule has 34 heavy (non-hydrogen) atoms. The van der Waals surface area contributed by atoms with E-state index in [1.807, 2.05) is 66.7 Å². The maximum Gasteiger partial charge on any atom is 0.252 e. The molecule has 1 aromatic heterocycles. The van der Waals surface area contributed by atoms with Crippen molar-refractivity contribution in [3.05, 3.63) is 83.9 Å². The van der Waals surface area contributed by atoms with Crippen LogP contribution in [-0.4, -0.2) is 38.8 Å². The van der Waals surface area contributed by atoms with Gasteiger partial charge in [0.05, 0.1) is 32.4 Å². The van der Waals surface area contributed by atoms with Gasteiger partial charge in [-0.15, -0.1) is 0 Å². The lowest BCUT2D eigenvalue weighted by atomic mass is 10.1. The summed E-state index contributed by atoms with van der Waals surface area (Å²) in [4.78, 5) is 17.8. The predicted octanol–water partition coefficient (Wildman–Crippen LogP) is 4.98. The lowest BCUT2D eigenvalue weighted by Crippen LogP contribution is -2.26. The summed E-state index contributed by atoms with van der Waals surface area (Å²) in [5.41, 5.74) is 3.20. The number of hydrogen-bond donors (Lipinski definition) is 2. The summed E-state index contributed by atoms with van der Waals surface area (Å²) in [6, 6.07) is 22.7. The van der Waals surface area contributed by atoms with E-state index in [1.54, 1.807) is 27.4 Å². The highest BCUT2D eigenvalue weighted by atomic mass is 16.5. The molecule has 0 aliphatic heterocycles. The van der Waals surface area contributed by atoms with E-state index in [1.165, 1.54) is 0 Å². The smallest absolute Gasteiger partial charge is 0.252 e. The number of benzene rings is 3. The van der Waals surface area contributed by atoms with Crippen LogP contribution in [0.15, 0.2) is 72.8 Å². The van der Waals surface area contributed by atoms with E-state index in [9.17, 15) is 4.79 Å². The zero-order valence-electron chi connectivity index (χ0n) is 19.4. The summed E-state index contributed by atoms with van der Waals surface area (Å²) in [6.07, 6.45) is 0.659. The third-order valence-electron chi connectivity index (χ3n) is 5.47. The molecule has 0 fully saturated rings. The molecule has 3 aromatic carbocycles. The number of aromatic nitrogens is 1. The maximum absolute atomic E-state index is 13.1. The zero-order chi connectivity index (χ0) is 23.9.